The maximum Gasteiger partial charge on any atom is 0.175 e. The Kier molecular flexibility index (Phi) is 6.65. The molecule has 0 saturated heterocycles. The topological polar surface area (TPSA) is 41.9 Å². The number of aromatic nitrogens is 2. The molecule has 3 aromatic rings. The number of benzene rings is 2. The standard InChI is InChI=1S/C21H22ClFN4S/c1-3-14(2)15-5-8-18(9-6-15)25-21(28)26-19-11-24-27(13-19)12-16-4-7-17(23)10-20(16)22/h4-11,13-14H,3,12H2,1-2H3,(H2,25,26,28). The Balaban J connectivity index is 1.57. The van der Waals surface area contributed by atoms with Gasteiger partial charge in [0.2, 0.25) is 0 Å². The molecule has 3 rings (SSSR count). The average molecular weight is 417 g/mol. The summed E-state index contributed by atoms with van der Waals surface area (Å²) in [4.78, 5) is 0. The maximum absolute atomic E-state index is 13.2. The molecule has 0 bridgehead atoms. The Labute approximate surface area is 174 Å². The van der Waals surface area contributed by atoms with Crippen LogP contribution in [0.3, 0.4) is 0 Å². The number of hydrogen-bond acceptors (Lipinski definition) is 2. The summed E-state index contributed by atoms with van der Waals surface area (Å²) in [5.41, 5.74) is 3.79. The summed E-state index contributed by atoms with van der Waals surface area (Å²) in [6, 6.07) is 12.6. The van der Waals surface area contributed by atoms with Crippen LogP contribution in [0.2, 0.25) is 5.02 Å². The minimum Gasteiger partial charge on any atom is -0.332 e. The van der Waals surface area contributed by atoms with Crippen LogP contribution in [0.5, 0.6) is 0 Å². The van der Waals surface area contributed by atoms with E-state index in [1.165, 1.54) is 17.7 Å². The molecule has 0 aliphatic heterocycles. The molecule has 1 atom stereocenters. The van der Waals surface area contributed by atoms with Crippen LogP contribution in [0, 0.1) is 5.82 Å². The number of thiocarbonyl (C=S) groups is 1. The maximum atomic E-state index is 13.2. The van der Waals surface area contributed by atoms with Crippen molar-refractivity contribution in [2.24, 2.45) is 0 Å². The molecule has 7 heteroatoms. The predicted octanol–water partition coefficient (Wildman–Crippen LogP) is 6.05. The third-order valence-electron chi connectivity index (χ3n) is 4.59. The number of anilines is 2. The highest BCUT2D eigenvalue weighted by Crippen LogP contribution is 2.21. The SMILES string of the molecule is CCC(C)c1ccc(NC(=S)Nc2cnn(Cc3ccc(F)cc3Cl)c2)cc1. The molecule has 0 fully saturated rings. The first-order chi connectivity index (χ1) is 13.4. The fraction of sp³-hybridized carbons (Fsp3) is 0.238. The van der Waals surface area contributed by atoms with Crippen LogP contribution in [0.25, 0.3) is 0 Å². The second kappa shape index (κ2) is 9.17. The van der Waals surface area contributed by atoms with Crippen molar-refractivity contribution in [1.82, 2.24) is 9.78 Å². The summed E-state index contributed by atoms with van der Waals surface area (Å²) < 4.78 is 14.9. The summed E-state index contributed by atoms with van der Waals surface area (Å²) in [6.07, 6.45) is 4.61. The van der Waals surface area contributed by atoms with Gasteiger partial charge < -0.3 is 10.6 Å². The molecule has 1 aromatic heterocycles. The van der Waals surface area contributed by atoms with Gasteiger partial charge in [-0.2, -0.15) is 5.10 Å². The molecule has 4 nitrogen and oxygen atoms in total. The number of hydrogen-bond donors (Lipinski definition) is 2. The van der Waals surface area contributed by atoms with Crippen molar-refractivity contribution < 1.29 is 4.39 Å². The fourth-order valence-corrected chi connectivity index (χ4v) is 3.23. The van der Waals surface area contributed by atoms with Crippen LogP contribution in [0.15, 0.2) is 54.9 Å². The minimum atomic E-state index is -0.356. The number of nitrogens with zero attached hydrogens (tertiary/aromatic N) is 2. The molecule has 146 valence electrons. The van der Waals surface area contributed by atoms with E-state index in [0.29, 0.717) is 22.6 Å². The quantitative estimate of drug-likeness (QED) is 0.480. The molecule has 1 heterocycles. The lowest BCUT2D eigenvalue weighted by Crippen LogP contribution is -2.18. The second-order valence-corrected chi connectivity index (χ2v) is 7.49. The molecule has 28 heavy (non-hydrogen) atoms. The highest BCUT2D eigenvalue weighted by molar-refractivity contribution is 7.80. The highest BCUT2D eigenvalue weighted by atomic mass is 35.5. The van der Waals surface area contributed by atoms with Crippen molar-refractivity contribution >= 4 is 40.3 Å². The van der Waals surface area contributed by atoms with E-state index in [9.17, 15) is 4.39 Å². The van der Waals surface area contributed by atoms with Gasteiger partial charge in [-0.25, -0.2) is 4.39 Å². The lowest BCUT2D eigenvalue weighted by Gasteiger charge is -2.12. The van der Waals surface area contributed by atoms with Gasteiger partial charge >= 0.3 is 0 Å². The van der Waals surface area contributed by atoms with E-state index in [2.05, 4.69) is 41.7 Å². The van der Waals surface area contributed by atoms with Crippen LogP contribution in [0.4, 0.5) is 15.8 Å². The van der Waals surface area contributed by atoms with E-state index in [0.717, 1.165) is 23.4 Å². The Morgan fingerprint density at radius 1 is 1.18 bits per heavy atom. The molecular weight excluding hydrogens is 395 g/mol. The Morgan fingerprint density at radius 3 is 2.57 bits per heavy atom. The summed E-state index contributed by atoms with van der Waals surface area (Å²) in [5.74, 6) is 0.185. The third-order valence-corrected chi connectivity index (χ3v) is 5.14. The molecule has 0 spiro atoms. The van der Waals surface area contributed by atoms with Gasteiger partial charge in [0.05, 0.1) is 18.4 Å². The van der Waals surface area contributed by atoms with Crippen molar-refractivity contribution in [2.45, 2.75) is 32.7 Å². The van der Waals surface area contributed by atoms with E-state index in [4.69, 9.17) is 23.8 Å². The Hall–Kier alpha value is -2.44. The van der Waals surface area contributed by atoms with Gasteiger partial charge in [-0.1, -0.05) is 43.6 Å². The first kappa shape index (κ1) is 20.3. The van der Waals surface area contributed by atoms with Gasteiger partial charge in [-0.05, 0) is 59.9 Å². The normalized spacial score (nSPS) is 11.9. The summed E-state index contributed by atoms with van der Waals surface area (Å²) in [7, 11) is 0. The van der Waals surface area contributed by atoms with E-state index >= 15 is 0 Å². The minimum absolute atomic E-state index is 0.356. The summed E-state index contributed by atoms with van der Waals surface area (Å²) in [6.45, 7) is 4.84. The van der Waals surface area contributed by atoms with Crippen LogP contribution in [0.1, 0.15) is 37.3 Å². The molecule has 0 aliphatic carbocycles. The molecule has 2 N–H and O–H groups in total. The monoisotopic (exact) mass is 416 g/mol. The van der Waals surface area contributed by atoms with E-state index in [1.807, 2.05) is 18.3 Å². The molecule has 0 radical (unpaired) electrons. The van der Waals surface area contributed by atoms with Crippen LogP contribution in [-0.4, -0.2) is 14.9 Å². The predicted molar refractivity (Wildman–Crippen MR) is 118 cm³/mol. The molecular formula is C21H22ClFN4S. The Bertz CT molecular complexity index is 955. The van der Waals surface area contributed by atoms with Crippen molar-refractivity contribution in [2.75, 3.05) is 10.6 Å². The summed E-state index contributed by atoms with van der Waals surface area (Å²) >= 11 is 11.5. The first-order valence-corrected chi connectivity index (χ1v) is 9.87. The van der Waals surface area contributed by atoms with E-state index < -0.39 is 0 Å². The zero-order chi connectivity index (χ0) is 20.1. The molecule has 1 unspecified atom stereocenters. The van der Waals surface area contributed by atoms with E-state index in [-0.39, 0.29) is 5.82 Å². The van der Waals surface area contributed by atoms with Crippen LogP contribution in [-0.2, 0) is 6.54 Å². The lowest BCUT2D eigenvalue weighted by atomic mass is 9.99. The zero-order valence-electron chi connectivity index (χ0n) is 15.7. The van der Waals surface area contributed by atoms with Gasteiger partial charge in [0, 0.05) is 16.9 Å². The summed E-state index contributed by atoms with van der Waals surface area (Å²) in [5, 5.41) is 11.4. The smallest absolute Gasteiger partial charge is 0.175 e. The Morgan fingerprint density at radius 2 is 1.89 bits per heavy atom. The first-order valence-electron chi connectivity index (χ1n) is 9.09. The number of rotatable bonds is 6. The van der Waals surface area contributed by atoms with Gasteiger partial charge in [0.25, 0.3) is 0 Å². The average Bonchev–Trinajstić information content (AvgIpc) is 3.10. The van der Waals surface area contributed by atoms with Gasteiger partial charge in [-0.3, -0.25) is 4.68 Å². The van der Waals surface area contributed by atoms with Crippen molar-refractivity contribution in [3.8, 4) is 0 Å². The largest absolute Gasteiger partial charge is 0.332 e. The van der Waals surface area contributed by atoms with Crippen LogP contribution < -0.4 is 10.6 Å². The third kappa shape index (κ3) is 5.30. The molecule has 0 amide bonds. The van der Waals surface area contributed by atoms with Gasteiger partial charge in [-0.15, -0.1) is 0 Å². The van der Waals surface area contributed by atoms with Crippen LogP contribution >= 0.6 is 23.8 Å². The van der Waals surface area contributed by atoms with Crippen molar-refractivity contribution in [3.63, 3.8) is 0 Å². The number of nitrogens with one attached hydrogen (secondary N) is 2. The fourth-order valence-electron chi connectivity index (χ4n) is 2.76. The van der Waals surface area contributed by atoms with E-state index in [1.54, 1.807) is 16.9 Å². The highest BCUT2D eigenvalue weighted by Gasteiger charge is 2.07. The number of halogens is 2. The van der Waals surface area contributed by atoms with Gasteiger partial charge in [0.1, 0.15) is 5.82 Å². The molecule has 2 aromatic carbocycles. The van der Waals surface area contributed by atoms with Gasteiger partial charge in [0.15, 0.2) is 5.11 Å². The molecule has 0 aliphatic rings. The molecule has 0 saturated carbocycles. The lowest BCUT2D eigenvalue weighted by molar-refractivity contribution is 0.624. The zero-order valence-corrected chi connectivity index (χ0v) is 17.3. The van der Waals surface area contributed by atoms with Crippen molar-refractivity contribution in [3.05, 3.63) is 76.8 Å². The second-order valence-electron chi connectivity index (χ2n) is 6.67. The van der Waals surface area contributed by atoms with Crippen molar-refractivity contribution in [1.29, 1.82) is 0 Å².